The summed E-state index contributed by atoms with van der Waals surface area (Å²) in [5.41, 5.74) is -0.0330. The third kappa shape index (κ3) is 1.32. The molecule has 1 nitrogen and oxygen atoms in total. The van der Waals surface area contributed by atoms with E-state index in [1.807, 2.05) is 6.08 Å². The van der Waals surface area contributed by atoms with Gasteiger partial charge in [-0.2, -0.15) is 0 Å². The first kappa shape index (κ1) is 8.38. The molecular formula is C10H16O. The van der Waals surface area contributed by atoms with E-state index in [1.165, 1.54) is 0 Å². The van der Waals surface area contributed by atoms with Gasteiger partial charge in [0.15, 0.2) is 0 Å². The zero-order valence-corrected chi connectivity index (χ0v) is 7.46. The largest absolute Gasteiger partial charge is 0.512 e. The van der Waals surface area contributed by atoms with Crippen LogP contribution in [-0.2, 0) is 0 Å². The van der Waals surface area contributed by atoms with Gasteiger partial charge >= 0.3 is 0 Å². The zero-order chi connectivity index (χ0) is 8.48. The van der Waals surface area contributed by atoms with E-state index in [0.29, 0.717) is 11.7 Å². The van der Waals surface area contributed by atoms with Crippen LogP contribution < -0.4 is 0 Å². The average molecular weight is 152 g/mol. The number of hydrogen-bond donors (Lipinski definition) is 1. The van der Waals surface area contributed by atoms with E-state index in [-0.39, 0.29) is 5.41 Å². The summed E-state index contributed by atoms with van der Waals surface area (Å²) in [4.78, 5) is 0. The molecule has 0 heterocycles. The van der Waals surface area contributed by atoms with Crippen LogP contribution >= 0.6 is 0 Å². The van der Waals surface area contributed by atoms with E-state index in [2.05, 4.69) is 26.8 Å². The molecule has 1 aliphatic rings. The Hall–Kier alpha value is -0.720. The van der Waals surface area contributed by atoms with Gasteiger partial charge in [-0.25, -0.2) is 0 Å². The predicted molar refractivity (Wildman–Crippen MR) is 47.4 cm³/mol. The highest BCUT2D eigenvalue weighted by atomic mass is 16.3. The Morgan fingerprint density at radius 1 is 1.55 bits per heavy atom. The molecule has 11 heavy (non-hydrogen) atoms. The molecule has 1 N–H and O–H groups in total. The van der Waals surface area contributed by atoms with Crippen LogP contribution in [0.15, 0.2) is 24.0 Å². The molecule has 0 aromatic rings. The molecular weight excluding hydrogens is 136 g/mol. The molecule has 0 saturated carbocycles. The van der Waals surface area contributed by atoms with Crippen LogP contribution in [0.3, 0.4) is 0 Å². The van der Waals surface area contributed by atoms with Gasteiger partial charge in [0.1, 0.15) is 0 Å². The highest BCUT2D eigenvalue weighted by Crippen LogP contribution is 2.39. The first-order valence-corrected chi connectivity index (χ1v) is 4.13. The number of aliphatic hydroxyl groups excluding tert-OH is 1. The summed E-state index contributed by atoms with van der Waals surface area (Å²) in [7, 11) is 0. The second kappa shape index (κ2) is 2.72. The number of allylic oxidation sites excluding steroid dienone is 4. The maximum Gasteiger partial charge on any atom is 0.0986 e. The minimum atomic E-state index is -0.0330. The standard InChI is InChI=1S/C10H16O/c1-8(2)10(3)7-5-4-6-9(10)11/h4-6,8,11H,7H2,1-3H3. The van der Waals surface area contributed by atoms with Crippen LogP contribution in [0.1, 0.15) is 27.2 Å². The van der Waals surface area contributed by atoms with E-state index in [0.717, 1.165) is 6.42 Å². The van der Waals surface area contributed by atoms with Crippen molar-refractivity contribution in [3.63, 3.8) is 0 Å². The van der Waals surface area contributed by atoms with Crippen LogP contribution in [0.25, 0.3) is 0 Å². The van der Waals surface area contributed by atoms with Crippen molar-refractivity contribution in [3.8, 4) is 0 Å². The third-order valence-electron chi connectivity index (χ3n) is 2.79. The lowest BCUT2D eigenvalue weighted by atomic mass is 9.73. The van der Waals surface area contributed by atoms with Gasteiger partial charge in [0.05, 0.1) is 5.76 Å². The van der Waals surface area contributed by atoms with E-state index >= 15 is 0 Å². The molecule has 0 fully saturated rings. The van der Waals surface area contributed by atoms with Crippen molar-refractivity contribution >= 4 is 0 Å². The maximum atomic E-state index is 9.61. The summed E-state index contributed by atoms with van der Waals surface area (Å²) in [5.74, 6) is 1.01. The Kier molecular flexibility index (Phi) is 2.08. The molecule has 0 aromatic carbocycles. The average Bonchev–Trinajstić information content (AvgIpc) is 1.95. The summed E-state index contributed by atoms with van der Waals surface area (Å²) in [6.45, 7) is 6.39. The first-order chi connectivity index (χ1) is 5.07. The molecule has 0 saturated heterocycles. The van der Waals surface area contributed by atoms with Gasteiger partial charge in [-0.05, 0) is 18.4 Å². The molecule has 1 aliphatic carbocycles. The van der Waals surface area contributed by atoms with E-state index in [1.54, 1.807) is 6.08 Å². The normalized spacial score (nSPS) is 30.7. The summed E-state index contributed by atoms with van der Waals surface area (Å²) < 4.78 is 0. The Morgan fingerprint density at radius 3 is 2.55 bits per heavy atom. The van der Waals surface area contributed by atoms with Crippen LogP contribution in [0, 0.1) is 11.3 Å². The topological polar surface area (TPSA) is 20.2 Å². The van der Waals surface area contributed by atoms with Crippen LogP contribution in [0.4, 0.5) is 0 Å². The molecule has 1 rings (SSSR count). The Labute approximate surface area is 68.4 Å². The van der Waals surface area contributed by atoms with Gasteiger partial charge in [0.25, 0.3) is 0 Å². The Balaban J connectivity index is 2.88. The van der Waals surface area contributed by atoms with Crippen molar-refractivity contribution in [2.24, 2.45) is 11.3 Å². The SMILES string of the molecule is CC(C)C1(C)CC=CC=C1O. The summed E-state index contributed by atoms with van der Waals surface area (Å²) in [6, 6.07) is 0. The highest BCUT2D eigenvalue weighted by Gasteiger charge is 2.32. The molecule has 0 bridgehead atoms. The summed E-state index contributed by atoms with van der Waals surface area (Å²) in [5, 5.41) is 9.61. The number of hydrogen-bond acceptors (Lipinski definition) is 1. The predicted octanol–water partition coefficient (Wildman–Crippen LogP) is 3.05. The molecule has 0 aliphatic heterocycles. The zero-order valence-electron chi connectivity index (χ0n) is 7.46. The van der Waals surface area contributed by atoms with Crippen LogP contribution in [0.5, 0.6) is 0 Å². The Bertz CT molecular complexity index is 201. The first-order valence-electron chi connectivity index (χ1n) is 4.13. The van der Waals surface area contributed by atoms with Gasteiger partial charge in [-0.15, -0.1) is 0 Å². The van der Waals surface area contributed by atoms with Gasteiger partial charge in [0.2, 0.25) is 0 Å². The molecule has 0 radical (unpaired) electrons. The molecule has 0 amide bonds. The molecule has 0 spiro atoms. The van der Waals surface area contributed by atoms with E-state index < -0.39 is 0 Å². The minimum Gasteiger partial charge on any atom is -0.512 e. The van der Waals surface area contributed by atoms with Crippen molar-refractivity contribution in [3.05, 3.63) is 24.0 Å². The highest BCUT2D eigenvalue weighted by molar-refractivity contribution is 5.20. The fourth-order valence-electron chi connectivity index (χ4n) is 1.30. The van der Waals surface area contributed by atoms with Gasteiger partial charge in [-0.3, -0.25) is 0 Å². The lowest BCUT2D eigenvalue weighted by Crippen LogP contribution is -2.26. The second-order valence-corrected chi connectivity index (χ2v) is 3.76. The van der Waals surface area contributed by atoms with Crippen molar-refractivity contribution in [2.75, 3.05) is 0 Å². The summed E-state index contributed by atoms with van der Waals surface area (Å²) >= 11 is 0. The maximum absolute atomic E-state index is 9.61. The third-order valence-corrected chi connectivity index (χ3v) is 2.79. The fourth-order valence-corrected chi connectivity index (χ4v) is 1.30. The van der Waals surface area contributed by atoms with Crippen molar-refractivity contribution < 1.29 is 5.11 Å². The molecule has 0 aromatic heterocycles. The lowest BCUT2D eigenvalue weighted by molar-refractivity contribution is 0.174. The van der Waals surface area contributed by atoms with E-state index in [4.69, 9.17) is 0 Å². The van der Waals surface area contributed by atoms with Crippen molar-refractivity contribution in [1.29, 1.82) is 0 Å². The minimum absolute atomic E-state index is 0.0330. The number of aliphatic hydroxyl groups is 1. The van der Waals surface area contributed by atoms with Gasteiger partial charge in [-0.1, -0.05) is 32.9 Å². The molecule has 1 unspecified atom stereocenters. The van der Waals surface area contributed by atoms with Gasteiger partial charge in [0, 0.05) is 5.41 Å². The second-order valence-electron chi connectivity index (χ2n) is 3.76. The quantitative estimate of drug-likeness (QED) is 0.612. The fraction of sp³-hybridized carbons (Fsp3) is 0.600. The summed E-state index contributed by atoms with van der Waals surface area (Å²) in [6.07, 6.45) is 6.77. The molecule has 1 atom stereocenters. The van der Waals surface area contributed by atoms with Gasteiger partial charge < -0.3 is 5.11 Å². The lowest BCUT2D eigenvalue weighted by Gasteiger charge is -2.33. The van der Waals surface area contributed by atoms with Crippen molar-refractivity contribution in [1.82, 2.24) is 0 Å². The molecule has 1 heteroatoms. The van der Waals surface area contributed by atoms with Crippen LogP contribution in [-0.4, -0.2) is 5.11 Å². The molecule has 62 valence electrons. The van der Waals surface area contributed by atoms with E-state index in [9.17, 15) is 5.11 Å². The monoisotopic (exact) mass is 152 g/mol. The number of rotatable bonds is 1. The smallest absolute Gasteiger partial charge is 0.0986 e. The van der Waals surface area contributed by atoms with Crippen LogP contribution in [0.2, 0.25) is 0 Å². The van der Waals surface area contributed by atoms with Crippen molar-refractivity contribution in [2.45, 2.75) is 27.2 Å². The Morgan fingerprint density at radius 2 is 2.18 bits per heavy atom.